The highest BCUT2D eigenvalue weighted by molar-refractivity contribution is 6.32. The maximum Gasteiger partial charge on any atom is 0.143 e. The fraction of sp³-hybridized carbons (Fsp3) is 0.538. The van der Waals surface area contributed by atoms with E-state index in [-0.39, 0.29) is 5.41 Å². The molecule has 0 radical (unpaired) electrons. The molecule has 1 unspecified atom stereocenters. The van der Waals surface area contributed by atoms with Crippen molar-refractivity contribution in [3.63, 3.8) is 0 Å². The minimum atomic E-state index is -0.588. The standard InChI is InChI=1S/C13H19ClO2/c1-8(15)10-6-9(13(2,3)4)7-11(14)12(10)16-5/h6-8,15H,1-5H3. The van der Waals surface area contributed by atoms with Crippen LogP contribution in [0.1, 0.15) is 44.9 Å². The van der Waals surface area contributed by atoms with E-state index < -0.39 is 6.10 Å². The zero-order valence-corrected chi connectivity index (χ0v) is 11.2. The van der Waals surface area contributed by atoms with Gasteiger partial charge in [-0.25, -0.2) is 0 Å². The van der Waals surface area contributed by atoms with Gasteiger partial charge in [-0.15, -0.1) is 0 Å². The van der Waals surface area contributed by atoms with Gasteiger partial charge in [-0.1, -0.05) is 32.4 Å². The molecule has 0 spiro atoms. The normalized spacial score (nSPS) is 13.7. The van der Waals surface area contributed by atoms with Gasteiger partial charge in [0.25, 0.3) is 0 Å². The number of hydrogen-bond donors (Lipinski definition) is 1. The van der Waals surface area contributed by atoms with E-state index >= 15 is 0 Å². The van der Waals surface area contributed by atoms with Crippen molar-refractivity contribution in [2.75, 3.05) is 7.11 Å². The lowest BCUT2D eigenvalue weighted by Crippen LogP contribution is -2.12. The SMILES string of the molecule is COc1c(Cl)cc(C(C)(C)C)cc1C(C)O. The van der Waals surface area contributed by atoms with Crippen LogP contribution in [0.4, 0.5) is 0 Å². The molecule has 2 nitrogen and oxygen atoms in total. The molecule has 0 fully saturated rings. The highest BCUT2D eigenvalue weighted by Crippen LogP contribution is 2.37. The van der Waals surface area contributed by atoms with E-state index in [1.54, 1.807) is 14.0 Å². The van der Waals surface area contributed by atoms with Gasteiger partial charge in [-0.2, -0.15) is 0 Å². The maximum absolute atomic E-state index is 9.71. The average Bonchev–Trinajstić information content (AvgIpc) is 2.14. The summed E-state index contributed by atoms with van der Waals surface area (Å²) >= 11 is 6.15. The van der Waals surface area contributed by atoms with E-state index in [9.17, 15) is 5.11 Å². The van der Waals surface area contributed by atoms with Crippen LogP contribution in [0.5, 0.6) is 5.75 Å². The third kappa shape index (κ3) is 2.69. The number of halogens is 1. The van der Waals surface area contributed by atoms with Gasteiger partial charge in [0.15, 0.2) is 0 Å². The largest absolute Gasteiger partial charge is 0.495 e. The van der Waals surface area contributed by atoms with Gasteiger partial charge in [-0.05, 0) is 30.0 Å². The van der Waals surface area contributed by atoms with Gasteiger partial charge in [0.2, 0.25) is 0 Å². The molecular formula is C13H19ClO2. The second kappa shape index (κ2) is 4.64. The van der Waals surface area contributed by atoms with Crippen LogP contribution >= 0.6 is 11.6 Å². The lowest BCUT2D eigenvalue weighted by atomic mass is 9.85. The van der Waals surface area contributed by atoms with Crippen LogP contribution in [0.25, 0.3) is 0 Å². The van der Waals surface area contributed by atoms with Gasteiger partial charge in [0, 0.05) is 5.56 Å². The molecule has 1 rings (SSSR count). The Hall–Kier alpha value is -0.730. The molecule has 1 aromatic rings. The first-order chi connectivity index (χ1) is 7.27. The van der Waals surface area contributed by atoms with Gasteiger partial charge in [0.05, 0.1) is 18.2 Å². The molecule has 90 valence electrons. The molecule has 0 saturated heterocycles. The molecule has 0 aliphatic heterocycles. The van der Waals surface area contributed by atoms with E-state index in [1.165, 1.54) is 0 Å². The number of aliphatic hydroxyl groups excluding tert-OH is 1. The first-order valence-electron chi connectivity index (χ1n) is 5.33. The minimum Gasteiger partial charge on any atom is -0.495 e. The third-order valence-electron chi connectivity index (χ3n) is 2.59. The predicted molar refractivity (Wildman–Crippen MR) is 67.3 cm³/mol. The second-order valence-electron chi connectivity index (χ2n) is 5.01. The van der Waals surface area contributed by atoms with Gasteiger partial charge in [0.1, 0.15) is 5.75 Å². The fourth-order valence-electron chi connectivity index (χ4n) is 1.57. The molecule has 0 saturated carbocycles. The van der Waals surface area contributed by atoms with Crippen molar-refractivity contribution in [3.8, 4) is 5.75 Å². The number of aliphatic hydroxyl groups is 1. The number of rotatable bonds is 2. The van der Waals surface area contributed by atoms with Crippen LogP contribution in [-0.2, 0) is 5.41 Å². The van der Waals surface area contributed by atoms with Crippen LogP contribution in [-0.4, -0.2) is 12.2 Å². The highest BCUT2D eigenvalue weighted by atomic mass is 35.5. The maximum atomic E-state index is 9.71. The summed E-state index contributed by atoms with van der Waals surface area (Å²) in [6.45, 7) is 8.03. The summed E-state index contributed by atoms with van der Waals surface area (Å²) in [5.41, 5.74) is 1.83. The highest BCUT2D eigenvalue weighted by Gasteiger charge is 2.20. The van der Waals surface area contributed by atoms with Crippen LogP contribution in [0.3, 0.4) is 0 Å². The Morgan fingerprint density at radius 1 is 1.31 bits per heavy atom. The molecular weight excluding hydrogens is 224 g/mol. The Labute approximate surface area is 102 Å². The summed E-state index contributed by atoms with van der Waals surface area (Å²) in [5, 5.41) is 10.3. The van der Waals surface area contributed by atoms with E-state index in [0.717, 1.165) is 11.1 Å². The Balaban J connectivity index is 3.40. The van der Waals surface area contributed by atoms with E-state index in [4.69, 9.17) is 16.3 Å². The zero-order valence-electron chi connectivity index (χ0n) is 10.5. The summed E-state index contributed by atoms with van der Waals surface area (Å²) in [4.78, 5) is 0. The molecule has 0 amide bonds. The molecule has 0 heterocycles. The van der Waals surface area contributed by atoms with Crippen molar-refractivity contribution in [3.05, 3.63) is 28.3 Å². The van der Waals surface area contributed by atoms with Crippen LogP contribution < -0.4 is 4.74 Å². The molecule has 3 heteroatoms. The first-order valence-corrected chi connectivity index (χ1v) is 5.71. The Morgan fingerprint density at radius 3 is 2.25 bits per heavy atom. The Bertz CT molecular complexity index is 378. The number of methoxy groups -OCH3 is 1. The molecule has 16 heavy (non-hydrogen) atoms. The lowest BCUT2D eigenvalue weighted by Gasteiger charge is -2.22. The van der Waals surface area contributed by atoms with E-state index in [0.29, 0.717) is 10.8 Å². The smallest absolute Gasteiger partial charge is 0.143 e. The molecule has 1 aromatic carbocycles. The van der Waals surface area contributed by atoms with Crippen molar-refractivity contribution in [2.24, 2.45) is 0 Å². The quantitative estimate of drug-likeness (QED) is 0.857. The minimum absolute atomic E-state index is 0.000445. The van der Waals surface area contributed by atoms with Crippen molar-refractivity contribution >= 4 is 11.6 Å². The summed E-state index contributed by atoms with van der Waals surface area (Å²) in [5.74, 6) is 0.560. The van der Waals surface area contributed by atoms with Gasteiger partial charge < -0.3 is 9.84 Å². The van der Waals surface area contributed by atoms with Crippen LogP contribution in [0.2, 0.25) is 5.02 Å². The third-order valence-corrected chi connectivity index (χ3v) is 2.87. The number of benzene rings is 1. The van der Waals surface area contributed by atoms with Crippen LogP contribution in [0.15, 0.2) is 12.1 Å². The number of hydrogen-bond acceptors (Lipinski definition) is 2. The van der Waals surface area contributed by atoms with Crippen molar-refractivity contribution in [1.29, 1.82) is 0 Å². The zero-order chi connectivity index (χ0) is 12.5. The molecule has 0 aliphatic carbocycles. The summed E-state index contributed by atoms with van der Waals surface area (Å²) in [6, 6.07) is 3.85. The van der Waals surface area contributed by atoms with Gasteiger partial charge >= 0.3 is 0 Å². The van der Waals surface area contributed by atoms with Crippen molar-refractivity contribution in [1.82, 2.24) is 0 Å². The van der Waals surface area contributed by atoms with Gasteiger partial charge in [-0.3, -0.25) is 0 Å². The number of ether oxygens (including phenoxy) is 1. The summed E-state index contributed by atoms with van der Waals surface area (Å²) in [7, 11) is 1.56. The monoisotopic (exact) mass is 242 g/mol. The molecule has 1 atom stereocenters. The lowest BCUT2D eigenvalue weighted by molar-refractivity contribution is 0.194. The summed E-state index contributed by atoms with van der Waals surface area (Å²) < 4.78 is 5.21. The topological polar surface area (TPSA) is 29.5 Å². The fourth-order valence-corrected chi connectivity index (χ4v) is 1.88. The molecule has 0 aromatic heterocycles. The van der Waals surface area contributed by atoms with Crippen molar-refractivity contribution in [2.45, 2.75) is 39.2 Å². The summed E-state index contributed by atoms with van der Waals surface area (Å²) in [6.07, 6.45) is -0.588. The first kappa shape index (κ1) is 13.3. The predicted octanol–water partition coefficient (Wildman–Crippen LogP) is 3.70. The Kier molecular flexibility index (Phi) is 3.87. The molecule has 1 N–H and O–H groups in total. The molecule has 0 aliphatic rings. The second-order valence-corrected chi connectivity index (χ2v) is 5.41. The average molecular weight is 243 g/mol. The van der Waals surface area contributed by atoms with E-state index in [2.05, 4.69) is 20.8 Å². The van der Waals surface area contributed by atoms with Crippen molar-refractivity contribution < 1.29 is 9.84 Å². The van der Waals surface area contributed by atoms with Crippen LogP contribution in [0, 0.1) is 0 Å². The Morgan fingerprint density at radius 2 is 1.88 bits per heavy atom. The molecule has 0 bridgehead atoms. The van der Waals surface area contributed by atoms with E-state index in [1.807, 2.05) is 12.1 Å².